The van der Waals surface area contributed by atoms with Crippen LogP contribution in [-0.2, 0) is 6.54 Å². The number of nitrogen functional groups attached to an aromatic ring is 1. The van der Waals surface area contributed by atoms with E-state index in [4.69, 9.17) is 5.73 Å². The third kappa shape index (κ3) is 3.60. The lowest BCUT2D eigenvalue weighted by Crippen LogP contribution is -2.11. The van der Waals surface area contributed by atoms with Crippen molar-refractivity contribution in [3.63, 3.8) is 0 Å². The van der Waals surface area contributed by atoms with E-state index in [1.807, 2.05) is 67.6 Å². The molecule has 0 unspecified atom stereocenters. The molecule has 26 heavy (non-hydrogen) atoms. The largest absolute Gasteiger partial charge is 0.395 e. The van der Waals surface area contributed by atoms with Gasteiger partial charge in [0.15, 0.2) is 5.82 Å². The summed E-state index contributed by atoms with van der Waals surface area (Å²) in [6.07, 6.45) is 0. The summed E-state index contributed by atoms with van der Waals surface area (Å²) in [5, 5.41) is 16.3. The van der Waals surface area contributed by atoms with Crippen LogP contribution in [0.4, 0.5) is 17.3 Å². The highest BCUT2D eigenvalue weighted by atomic mass is 15.1. The van der Waals surface area contributed by atoms with Crippen LogP contribution in [0, 0.1) is 11.3 Å². The summed E-state index contributed by atoms with van der Waals surface area (Å²) in [5.74, 6) is 1.11. The lowest BCUT2D eigenvalue weighted by atomic mass is 9.99. The molecular formula is C21H21N5. The molecule has 0 radical (unpaired) electrons. The quantitative estimate of drug-likeness (QED) is 0.623. The van der Waals surface area contributed by atoms with Crippen molar-refractivity contribution in [1.82, 2.24) is 4.98 Å². The topological polar surface area (TPSA) is 86.8 Å². The second kappa shape index (κ2) is 8.04. The van der Waals surface area contributed by atoms with E-state index in [2.05, 4.69) is 21.7 Å². The normalized spacial score (nSPS) is 10.2. The molecule has 5 nitrogen and oxygen atoms in total. The second-order valence-corrected chi connectivity index (χ2v) is 5.82. The molecule has 0 bridgehead atoms. The Morgan fingerprint density at radius 2 is 1.62 bits per heavy atom. The van der Waals surface area contributed by atoms with Crippen LogP contribution >= 0.6 is 0 Å². The standard InChI is InChI=1S/C21H21N5/c1-2-24-21-19(23)18(16-11-7-4-8-12-16)17(13-22)20(26-21)25-14-15-9-5-3-6-10-15/h3-12H,2,14,23H2,1H3,(H2,24,25,26). The monoisotopic (exact) mass is 343 g/mol. The lowest BCUT2D eigenvalue weighted by molar-refractivity contribution is 1.09. The van der Waals surface area contributed by atoms with Crippen molar-refractivity contribution in [1.29, 1.82) is 5.26 Å². The van der Waals surface area contributed by atoms with Gasteiger partial charge in [0.1, 0.15) is 17.5 Å². The van der Waals surface area contributed by atoms with Crippen LogP contribution in [0.2, 0.25) is 0 Å². The van der Waals surface area contributed by atoms with Crippen LogP contribution in [0.5, 0.6) is 0 Å². The van der Waals surface area contributed by atoms with E-state index in [0.29, 0.717) is 41.5 Å². The number of nitrogens with two attached hydrogens (primary N) is 1. The summed E-state index contributed by atoms with van der Waals surface area (Å²) in [6.45, 7) is 3.25. The fraction of sp³-hybridized carbons (Fsp3) is 0.143. The predicted molar refractivity (Wildman–Crippen MR) is 107 cm³/mol. The Balaban J connectivity index is 2.08. The average Bonchev–Trinajstić information content (AvgIpc) is 2.69. The number of aromatic nitrogens is 1. The zero-order valence-corrected chi connectivity index (χ0v) is 14.7. The van der Waals surface area contributed by atoms with Crippen molar-refractivity contribution >= 4 is 17.3 Å². The van der Waals surface area contributed by atoms with Gasteiger partial charge >= 0.3 is 0 Å². The van der Waals surface area contributed by atoms with E-state index in [-0.39, 0.29) is 0 Å². The highest BCUT2D eigenvalue weighted by Crippen LogP contribution is 2.37. The number of nitrogens with one attached hydrogen (secondary N) is 2. The highest BCUT2D eigenvalue weighted by Gasteiger charge is 2.19. The maximum Gasteiger partial charge on any atom is 0.152 e. The van der Waals surface area contributed by atoms with Crippen molar-refractivity contribution in [3.05, 3.63) is 71.8 Å². The highest BCUT2D eigenvalue weighted by molar-refractivity contribution is 5.91. The average molecular weight is 343 g/mol. The van der Waals surface area contributed by atoms with Gasteiger partial charge in [0.25, 0.3) is 0 Å². The molecule has 0 atom stereocenters. The van der Waals surface area contributed by atoms with Gasteiger partial charge in [0.2, 0.25) is 0 Å². The third-order valence-corrected chi connectivity index (χ3v) is 4.06. The predicted octanol–water partition coefficient (Wildman–Crippen LogP) is 4.25. The van der Waals surface area contributed by atoms with Crippen molar-refractivity contribution in [2.75, 3.05) is 22.9 Å². The molecule has 2 aromatic carbocycles. The van der Waals surface area contributed by atoms with E-state index in [9.17, 15) is 5.26 Å². The van der Waals surface area contributed by atoms with Crippen molar-refractivity contribution < 1.29 is 0 Å². The minimum atomic E-state index is 0.450. The Morgan fingerprint density at radius 3 is 2.23 bits per heavy atom. The van der Waals surface area contributed by atoms with Crippen molar-refractivity contribution in [2.24, 2.45) is 0 Å². The Kier molecular flexibility index (Phi) is 5.35. The van der Waals surface area contributed by atoms with E-state index >= 15 is 0 Å². The Hall–Kier alpha value is -3.52. The lowest BCUT2D eigenvalue weighted by Gasteiger charge is -2.17. The molecule has 1 aromatic heterocycles. The molecule has 5 heteroatoms. The summed E-state index contributed by atoms with van der Waals surface area (Å²) in [6, 6.07) is 22.0. The summed E-state index contributed by atoms with van der Waals surface area (Å²) in [7, 11) is 0. The number of pyridine rings is 1. The van der Waals surface area contributed by atoms with E-state index in [0.717, 1.165) is 11.1 Å². The van der Waals surface area contributed by atoms with E-state index in [1.54, 1.807) is 0 Å². The molecule has 0 amide bonds. The van der Waals surface area contributed by atoms with Gasteiger partial charge in [-0.1, -0.05) is 60.7 Å². The minimum absolute atomic E-state index is 0.450. The van der Waals surface area contributed by atoms with Gasteiger partial charge in [0.05, 0.1) is 5.69 Å². The SMILES string of the molecule is CCNc1nc(NCc2ccccc2)c(C#N)c(-c2ccccc2)c1N. The van der Waals surface area contributed by atoms with Crippen LogP contribution in [0.3, 0.4) is 0 Å². The number of anilines is 3. The molecule has 0 fully saturated rings. The number of rotatable bonds is 6. The molecule has 130 valence electrons. The number of hydrogen-bond donors (Lipinski definition) is 3. The molecule has 0 aliphatic carbocycles. The zero-order chi connectivity index (χ0) is 18.4. The van der Waals surface area contributed by atoms with E-state index in [1.165, 1.54) is 0 Å². The van der Waals surface area contributed by atoms with Gasteiger partial charge in [-0.05, 0) is 18.1 Å². The molecule has 0 saturated heterocycles. The molecule has 0 aliphatic heterocycles. The molecule has 4 N–H and O–H groups in total. The fourth-order valence-corrected chi connectivity index (χ4v) is 2.82. The van der Waals surface area contributed by atoms with Gasteiger partial charge < -0.3 is 16.4 Å². The Morgan fingerprint density at radius 1 is 0.962 bits per heavy atom. The first-order valence-corrected chi connectivity index (χ1v) is 8.55. The third-order valence-electron chi connectivity index (χ3n) is 4.06. The summed E-state index contributed by atoms with van der Waals surface area (Å²) in [4.78, 5) is 4.56. The molecule has 3 aromatic rings. The smallest absolute Gasteiger partial charge is 0.152 e. The summed E-state index contributed by atoms with van der Waals surface area (Å²) >= 11 is 0. The molecule has 0 spiro atoms. The Labute approximate surface area is 153 Å². The molecular weight excluding hydrogens is 322 g/mol. The number of nitriles is 1. The van der Waals surface area contributed by atoms with Crippen LogP contribution in [-0.4, -0.2) is 11.5 Å². The number of nitrogens with zero attached hydrogens (tertiary/aromatic N) is 2. The van der Waals surface area contributed by atoms with Gasteiger partial charge in [-0.2, -0.15) is 5.26 Å². The summed E-state index contributed by atoms with van der Waals surface area (Å²) in [5.41, 5.74) is 10.00. The van der Waals surface area contributed by atoms with Gasteiger partial charge in [-0.25, -0.2) is 4.98 Å². The maximum atomic E-state index is 9.80. The van der Waals surface area contributed by atoms with Crippen LogP contribution in [0.15, 0.2) is 60.7 Å². The molecule has 3 rings (SSSR count). The first kappa shape index (κ1) is 17.3. The zero-order valence-electron chi connectivity index (χ0n) is 14.7. The van der Waals surface area contributed by atoms with Crippen LogP contribution in [0.1, 0.15) is 18.1 Å². The van der Waals surface area contributed by atoms with Gasteiger partial charge in [-0.15, -0.1) is 0 Å². The molecule has 0 aliphatic rings. The molecule has 0 saturated carbocycles. The second-order valence-electron chi connectivity index (χ2n) is 5.82. The van der Waals surface area contributed by atoms with Crippen LogP contribution in [0.25, 0.3) is 11.1 Å². The maximum absolute atomic E-state index is 9.80. The fourth-order valence-electron chi connectivity index (χ4n) is 2.82. The van der Waals surface area contributed by atoms with Gasteiger partial charge in [0, 0.05) is 18.7 Å². The van der Waals surface area contributed by atoms with Crippen molar-refractivity contribution in [2.45, 2.75) is 13.5 Å². The minimum Gasteiger partial charge on any atom is -0.395 e. The first-order chi connectivity index (χ1) is 12.7. The van der Waals surface area contributed by atoms with Crippen LogP contribution < -0.4 is 16.4 Å². The van der Waals surface area contributed by atoms with Gasteiger partial charge in [-0.3, -0.25) is 0 Å². The Bertz CT molecular complexity index is 915. The summed E-state index contributed by atoms with van der Waals surface area (Å²) < 4.78 is 0. The van der Waals surface area contributed by atoms with Crippen molar-refractivity contribution in [3.8, 4) is 17.2 Å². The molecule has 1 heterocycles. The number of benzene rings is 2. The number of hydrogen-bond acceptors (Lipinski definition) is 5. The van der Waals surface area contributed by atoms with E-state index < -0.39 is 0 Å². The first-order valence-electron chi connectivity index (χ1n) is 8.55.